The van der Waals surface area contributed by atoms with Gasteiger partial charge in [0.05, 0.1) is 5.69 Å². The van der Waals surface area contributed by atoms with Crippen LogP contribution in [0.25, 0.3) is 0 Å². The SMILES string of the molecule is Cc1cccc(NS(=O)(=O)N2CCCC(C)C2)c1CN. The number of anilines is 1. The van der Waals surface area contributed by atoms with E-state index in [1.54, 1.807) is 6.07 Å². The standard InChI is InChI=1S/C14H23N3O2S/c1-11-5-4-8-17(10-11)20(18,19)16-14-7-3-6-12(2)13(14)9-15/h3,6-7,11,16H,4-5,8-10,15H2,1-2H3. The Hall–Kier alpha value is -1.11. The highest BCUT2D eigenvalue weighted by molar-refractivity contribution is 7.90. The van der Waals surface area contributed by atoms with Gasteiger partial charge in [0.25, 0.3) is 0 Å². The van der Waals surface area contributed by atoms with E-state index in [9.17, 15) is 8.42 Å². The van der Waals surface area contributed by atoms with Crippen molar-refractivity contribution in [2.45, 2.75) is 33.2 Å². The summed E-state index contributed by atoms with van der Waals surface area (Å²) in [6.07, 6.45) is 2.00. The van der Waals surface area contributed by atoms with Gasteiger partial charge in [0.15, 0.2) is 0 Å². The maximum Gasteiger partial charge on any atom is 0.301 e. The average Bonchev–Trinajstić information content (AvgIpc) is 2.38. The van der Waals surface area contributed by atoms with E-state index in [0.717, 1.165) is 24.0 Å². The molecule has 1 aliphatic heterocycles. The summed E-state index contributed by atoms with van der Waals surface area (Å²) in [7, 11) is -3.49. The summed E-state index contributed by atoms with van der Waals surface area (Å²) in [5, 5.41) is 0. The summed E-state index contributed by atoms with van der Waals surface area (Å²) in [5.41, 5.74) is 8.16. The van der Waals surface area contributed by atoms with Gasteiger partial charge < -0.3 is 5.73 Å². The van der Waals surface area contributed by atoms with Gasteiger partial charge in [-0.15, -0.1) is 0 Å². The van der Waals surface area contributed by atoms with Crippen molar-refractivity contribution in [1.82, 2.24) is 4.31 Å². The Morgan fingerprint density at radius 3 is 2.85 bits per heavy atom. The van der Waals surface area contributed by atoms with E-state index in [2.05, 4.69) is 11.6 Å². The van der Waals surface area contributed by atoms with Crippen molar-refractivity contribution in [2.24, 2.45) is 11.7 Å². The van der Waals surface area contributed by atoms with Crippen LogP contribution >= 0.6 is 0 Å². The summed E-state index contributed by atoms with van der Waals surface area (Å²) in [4.78, 5) is 0. The smallest absolute Gasteiger partial charge is 0.301 e. The number of aryl methyl sites for hydroxylation is 1. The summed E-state index contributed by atoms with van der Waals surface area (Å²) in [6, 6.07) is 5.54. The molecule has 0 bridgehead atoms. The second-order valence-electron chi connectivity index (χ2n) is 5.52. The van der Waals surface area contributed by atoms with Crippen molar-refractivity contribution in [3.05, 3.63) is 29.3 Å². The zero-order valence-corrected chi connectivity index (χ0v) is 12.9. The topological polar surface area (TPSA) is 75.4 Å². The van der Waals surface area contributed by atoms with Gasteiger partial charge in [-0.25, -0.2) is 0 Å². The molecule has 1 unspecified atom stereocenters. The summed E-state index contributed by atoms with van der Waals surface area (Å²) < 4.78 is 29.1. The lowest BCUT2D eigenvalue weighted by molar-refractivity contribution is 0.282. The molecule has 112 valence electrons. The first-order valence-electron chi connectivity index (χ1n) is 7.00. The van der Waals surface area contributed by atoms with Crippen LogP contribution < -0.4 is 10.5 Å². The number of nitrogens with two attached hydrogens (primary N) is 1. The maximum absolute atomic E-state index is 12.5. The average molecular weight is 297 g/mol. The van der Waals surface area contributed by atoms with Crippen molar-refractivity contribution in [2.75, 3.05) is 17.8 Å². The molecule has 0 aromatic heterocycles. The highest BCUT2D eigenvalue weighted by atomic mass is 32.2. The van der Waals surface area contributed by atoms with Gasteiger partial charge in [-0.3, -0.25) is 4.72 Å². The molecule has 0 amide bonds. The van der Waals surface area contributed by atoms with Crippen molar-refractivity contribution in [3.8, 4) is 0 Å². The molecule has 1 saturated heterocycles. The molecule has 0 aliphatic carbocycles. The second kappa shape index (κ2) is 6.11. The Morgan fingerprint density at radius 1 is 1.45 bits per heavy atom. The lowest BCUT2D eigenvalue weighted by Crippen LogP contribution is -2.42. The molecule has 1 aromatic carbocycles. The molecule has 6 heteroatoms. The first kappa shape index (κ1) is 15.3. The molecule has 20 heavy (non-hydrogen) atoms. The Morgan fingerprint density at radius 2 is 2.20 bits per heavy atom. The van der Waals surface area contributed by atoms with Gasteiger partial charge in [-0.1, -0.05) is 19.1 Å². The zero-order valence-electron chi connectivity index (χ0n) is 12.1. The van der Waals surface area contributed by atoms with Crippen LogP contribution in [0.3, 0.4) is 0 Å². The lowest BCUT2D eigenvalue weighted by Gasteiger charge is -2.30. The van der Waals surface area contributed by atoms with E-state index >= 15 is 0 Å². The summed E-state index contributed by atoms with van der Waals surface area (Å²) in [6.45, 7) is 5.51. The van der Waals surface area contributed by atoms with Crippen LogP contribution in [-0.2, 0) is 16.8 Å². The van der Waals surface area contributed by atoms with Crippen LogP contribution in [0.2, 0.25) is 0 Å². The van der Waals surface area contributed by atoms with Gasteiger partial charge in [-0.2, -0.15) is 12.7 Å². The van der Waals surface area contributed by atoms with Gasteiger partial charge in [-0.05, 0) is 42.9 Å². The largest absolute Gasteiger partial charge is 0.326 e. The second-order valence-corrected chi connectivity index (χ2v) is 7.19. The van der Waals surface area contributed by atoms with Gasteiger partial charge in [0, 0.05) is 19.6 Å². The fraction of sp³-hybridized carbons (Fsp3) is 0.571. The predicted molar refractivity (Wildman–Crippen MR) is 81.6 cm³/mol. The molecule has 2 rings (SSSR count). The van der Waals surface area contributed by atoms with Crippen molar-refractivity contribution >= 4 is 15.9 Å². The fourth-order valence-electron chi connectivity index (χ4n) is 2.64. The molecule has 1 atom stereocenters. The minimum Gasteiger partial charge on any atom is -0.326 e. The molecule has 3 N–H and O–H groups in total. The maximum atomic E-state index is 12.5. The number of nitrogens with one attached hydrogen (secondary N) is 1. The monoisotopic (exact) mass is 297 g/mol. The first-order valence-corrected chi connectivity index (χ1v) is 8.44. The molecule has 1 heterocycles. The first-order chi connectivity index (χ1) is 9.44. The minimum absolute atomic E-state index is 0.320. The molecular weight excluding hydrogens is 274 g/mol. The Kier molecular flexibility index (Phi) is 4.67. The van der Waals surface area contributed by atoms with Crippen LogP contribution in [-0.4, -0.2) is 25.8 Å². The van der Waals surface area contributed by atoms with E-state index in [0.29, 0.717) is 31.2 Å². The highest BCUT2D eigenvalue weighted by Gasteiger charge is 2.27. The van der Waals surface area contributed by atoms with Crippen molar-refractivity contribution < 1.29 is 8.42 Å². The Bertz CT molecular complexity index is 572. The third-order valence-corrected chi connectivity index (χ3v) is 5.30. The highest BCUT2D eigenvalue weighted by Crippen LogP contribution is 2.23. The van der Waals surface area contributed by atoms with E-state index in [-0.39, 0.29) is 0 Å². The number of hydrogen-bond donors (Lipinski definition) is 2. The number of hydrogen-bond acceptors (Lipinski definition) is 3. The quantitative estimate of drug-likeness (QED) is 0.890. The van der Waals surface area contributed by atoms with E-state index in [1.807, 2.05) is 19.1 Å². The normalized spacial score (nSPS) is 20.9. The molecule has 1 aliphatic rings. The minimum atomic E-state index is -3.49. The van der Waals surface area contributed by atoms with Crippen LogP contribution in [0.1, 0.15) is 30.9 Å². The number of nitrogens with zero attached hydrogens (tertiary/aromatic N) is 1. The van der Waals surface area contributed by atoms with Crippen molar-refractivity contribution in [3.63, 3.8) is 0 Å². The molecule has 5 nitrogen and oxygen atoms in total. The van der Waals surface area contributed by atoms with E-state index < -0.39 is 10.2 Å². The van der Waals surface area contributed by atoms with Gasteiger partial charge >= 0.3 is 10.2 Å². The van der Waals surface area contributed by atoms with Gasteiger partial charge in [0.2, 0.25) is 0 Å². The van der Waals surface area contributed by atoms with Crippen LogP contribution in [0.5, 0.6) is 0 Å². The lowest BCUT2D eigenvalue weighted by atomic mass is 10.0. The molecular formula is C14H23N3O2S. The fourth-order valence-corrected chi connectivity index (χ4v) is 4.06. The van der Waals surface area contributed by atoms with Crippen LogP contribution in [0.15, 0.2) is 18.2 Å². The van der Waals surface area contributed by atoms with Crippen LogP contribution in [0, 0.1) is 12.8 Å². The Labute approximate surface area is 121 Å². The van der Waals surface area contributed by atoms with Crippen LogP contribution in [0.4, 0.5) is 5.69 Å². The third-order valence-electron chi connectivity index (χ3n) is 3.81. The molecule has 0 radical (unpaired) electrons. The predicted octanol–water partition coefficient (Wildman–Crippen LogP) is 1.84. The summed E-state index contributed by atoms with van der Waals surface area (Å²) in [5.74, 6) is 0.409. The third kappa shape index (κ3) is 3.31. The van der Waals surface area contributed by atoms with E-state index in [4.69, 9.17) is 5.73 Å². The molecule has 0 saturated carbocycles. The van der Waals surface area contributed by atoms with Gasteiger partial charge in [0.1, 0.15) is 0 Å². The summed E-state index contributed by atoms with van der Waals surface area (Å²) >= 11 is 0. The molecule has 0 spiro atoms. The molecule has 1 fully saturated rings. The zero-order chi connectivity index (χ0) is 14.8. The molecule has 1 aromatic rings. The Balaban J connectivity index is 2.22. The number of piperidine rings is 1. The van der Waals surface area contributed by atoms with Crippen molar-refractivity contribution in [1.29, 1.82) is 0 Å². The number of benzene rings is 1. The van der Waals surface area contributed by atoms with E-state index in [1.165, 1.54) is 4.31 Å². The number of rotatable bonds is 4.